The molecular formula is C22H30N4O2. The van der Waals surface area contributed by atoms with Gasteiger partial charge in [-0.1, -0.05) is 31.5 Å². The third-order valence-electron chi connectivity index (χ3n) is 4.63. The van der Waals surface area contributed by atoms with Crippen molar-refractivity contribution in [3.05, 3.63) is 30.1 Å². The number of nitrogens with two attached hydrogens (primary N) is 1. The van der Waals surface area contributed by atoms with Crippen molar-refractivity contribution in [2.24, 2.45) is 0 Å². The molecule has 2 aromatic heterocycles. The van der Waals surface area contributed by atoms with Crippen LogP contribution in [0.15, 0.2) is 24.3 Å². The molecule has 6 heteroatoms. The van der Waals surface area contributed by atoms with Crippen LogP contribution in [0.25, 0.3) is 21.9 Å². The van der Waals surface area contributed by atoms with Crippen LogP contribution < -0.4 is 5.73 Å². The van der Waals surface area contributed by atoms with Crippen LogP contribution in [-0.4, -0.2) is 26.1 Å². The van der Waals surface area contributed by atoms with Crippen LogP contribution in [0.3, 0.4) is 0 Å². The normalized spacial score (nSPS) is 12.0. The van der Waals surface area contributed by atoms with E-state index in [-0.39, 0.29) is 5.97 Å². The third kappa shape index (κ3) is 4.43. The molecular weight excluding hydrogens is 352 g/mol. The molecule has 0 saturated heterocycles. The number of hydrogen-bond acceptors (Lipinski definition) is 5. The van der Waals surface area contributed by atoms with Gasteiger partial charge in [0.15, 0.2) is 5.82 Å². The number of ether oxygens (including phenoxy) is 1. The van der Waals surface area contributed by atoms with E-state index in [1.165, 1.54) is 0 Å². The molecule has 2 heterocycles. The maximum absolute atomic E-state index is 12.1. The number of aryl methyl sites for hydroxylation is 2. The molecule has 0 aliphatic heterocycles. The standard InChI is InChI=1S/C22H30N4O2/c1-5-6-12-17-25-19-20(15-10-7-8-11-16(15)24-21(19)23)26(17)14-9-13-18(27)28-22(2,3)4/h7-8,10-11H,5-6,9,12-14H2,1-4H3,(H2,23,24). The first-order valence-electron chi connectivity index (χ1n) is 10.1. The Labute approximate surface area is 166 Å². The molecule has 0 bridgehead atoms. The summed E-state index contributed by atoms with van der Waals surface area (Å²) in [5.74, 6) is 1.29. The number of rotatable bonds is 7. The number of benzene rings is 1. The second kappa shape index (κ2) is 8.17. The lowest BCUT2D eigenvalue weighted by Crippen LogP contribution is -2.23. The van der Waals surface area contributed by atoms with Crippen LogP contribution >= 0.6 is 0 Å². The Morgan fingerprint density at radius 3 is 2.64 bits per heavy atom. The summed E-state index contributed by atoms with van der Waals surface area (Å²) in [7, 11) is 0. The predicted octanol–water partition coefficient (Wildman–Crippen LogP) is 4.63. The van der Waals surface area contributed by atoms with E-state index in [4.69, 9.17) is 15.5 Å². The lowest BCUT2D eigenvalue weighted by atomic mass is 10.1. The Balaban J connectivity index is 1.95. The topological polar surface area (TPSA) is 83.0 Å². The van der Waals surface area contributed by atoms with Gasteiger partial charge in [-0.25, -0.2) is 9.97 Å². The highest BCUT2D eigenvalue weighted by Crippen LogP contribution is 2.29. The summed E-state index contributed by atoms with van der Waals surface area (Å²) >= 11 is 0. The Kier molecular flexibility index (Phi) is 5.87. The SMILES string of the molecule is CCCCc1nc2c(N)nc3ccccc3c2n1CCCC(=O)OC(C)(C)C. The van der Waals surface area contributed by atoms with Crippen molar-refractivity contribution in [2.45, 2.75) is 71.9 Å². The van der Waals surface area contributed by atoms with Gasteiger partial charge in [0.2, 0.25) is 0 Å². The van der Waals surface area contributed by atoms with Crippen LogP contribution in [0.5, 0.6) is 0 Å². The summed E-state index contributed by atoms with van der Waals surface area (Å²) in [4.78, 5) is 21.4. The van der Waals surface area contributed by atoms with Gasteiger partial charge < -0.3 is 15.0 Å². The van der Waals surface area contributed by atoms with E-state index in [2.05, 4.69) is 22.5 Å². The maximum atomic E-state index is 12.1. The summed E-state index contributed by atoms with van der Waals surface area (Å²) in [5, 5.41) is 1.04. The number of pyridine rings is 1. The van der Waals surface area contributed by atoms with Gasteiger partial charge in [-0.05, 0) is 39.7 Å². The number of anilines is 1. The number of imidazole rings is 1. The molecule has 28 heavy (non-hydrogen) atoms. The van der Waals surface area contributed by atoms with Gasteiger partial charge >= 0.3 is 5.97 Å². The molecule has 0 saturated carbocycles. The lowest BCUT2D eigenvalue weighted by molar-refractivity contribution is -0.154. The minimum atomic E-state index is -0.457. The van der Waals surface area contributed by atoms with Crippen molar-refractivity contribution in [3.8, 4) is 0 Å². The van der Waals surface area contributed by atoms with Crippen LogP contribution in [0.2, 0.25) is 0 Å². The first-order chi connectivity index (χ1) is 13.3. The zero-order valence-electron chi connectivity index (χ0n) is 17.3. The number of esters is 1. The van der Waals surface area contributed by atoms with E-state index in [0.29, 0.717) is 25.2 Å². The van der Waals surface area contributed by atoms with Crippen LogP contribution in [-0.2, 0) is 22.5 Å². The molecule has 150 valence electrons. The quantitative estimate of drug-likeness (QED) is 0.602. The Hall–Kier alpha value is -2.63. The van der Waals surface area contributed by atoms with Crippen molar-refractivity contribution in [1.82, 2.24) is 14.5 Å². The van der Waals surface area contributed by atoms with Gasteiger partial charge in [0.05, 0.1) is 11.0 Å². The number of hydrogen-bond donors (Lipinski definition) is 1. The van der Waals surface area contributed by atoms with E-state index in [9.17, 15) is 4.79 Å². The number of unbranched alkanes of at least 4 members (excludes halogenated alkanes) is 1. The summed E-state index contributed by atoms with van der Waals surface area (Å²) < 4.78 is 7.65. The fourth-order valence-electron chi connectivity index (χ4n) is 3.45. The van der Waals surface area contributed by atoms with Crippen LogP contribution in [0.4, 0.5) is 5.82 Å². The van der Waals surface area contributed by atoms with E-state index in [0.717, 1.165) is 47.0 Å². The molecule has 3 rings (SSSR count). The lowest BCUT2D eigenvalue weighted by Gasteiger charge is -2.19. The smallest absolute Gasteiger partial charge is 0.306 e. The van der Waals surface area contributed by atoms with E-state index in [1.54, 1.807) is 0 Å². The molecule has 3 aromatic rings. The summed E-state index contributed by atoms with van der Waals surface area (Å²) in [6.07, 6.45) is 4.10. The highest BCUT2D eigenvalue weighted by Gasteiger charge is 2.19. The zero-order chi connectivity index (χ0) is 20.3. The predicted molar refractivity (Wildman–Crippen MR) is 113 cm³/mol. The molecule has 0 amide bonds. The molecule has 0 atom stereocenters. The second-order valence-electron chi connectivity index (χ2n) is 8.18. The average Bonchev–Trinajstić information content (AvgIpc) is 2.98. The van der Waals surface area contributed by atoms with Crippen molar-refractivity contribution >= 4 is 33.7 Å². The molecule has 0 aliphatic carbocycles. The van der Waals surface area contributed by atoms with Crippen LogP contribution in [0, 0.1) is 0 Å². The fraction of sp³-hybridized carbons (Fsp3) is 0.500. The number of fused-ring (bicyclic) bond motifs is 3. The molecule has 1 aromatic carbocycles. The third-order valence-corrected chi connectivity index (χ3v) is 4.63. The van der Waals surface area contributed by atoms with E-state index in [1.807, 2.05) is 39.0 Å². The molecule has 6 nitrogen and oxygen atoms in total. The summed E-state index contributed by atoms with van der Waals surface area (Å²) in [6, 6.07) is 7.99. The monoisotopic (exact) mass is 382 g/mol. The highest BCUT2D eigenvalue weighted by molar-refractivity contribution is 6.06. The van der Waals surface area contributed by atoms with E-state index >= 15 is 0 Å². The first-order valence-corrected chi connectivity index (χ1v) is 10.1. The van der Waals surface area contributed by atoms with Gasteiger partial charge in [0.1, 0.15) is 16.9 Å². The van der Waals surface area contributed by atoms with Gasteiger partial charge in [0, 0.05) is 24.8 Å². The number of nitrogen functional groups attached to an aromatic ring is 1. The number of carbonyl (C=O) groups is 1. The Morgan fingerprint density at radius 2 is 1.93 bits per heavy atom. The fourth-order valence-corrected chi connectivity index (χ4v) is 3.45. The number of nitrogens with zero attached hydrogens (tertiary/aromatic N) is 3. The maximum Gasteiger partial charge on any atom is 0.306 e. The van der Waals surface area contributed by atoms with E-state index < -0.39 is 5.60 Å². The van der Waals surface area contributed by atoms with Gasteiger partial charge in [-0.15, -0.1) is 0 Å². The zero-order valence-corrected chi connectivity index (χ0v) is 17.3. The molecule has 0 unspecified atom stereocenters. The first kappa shape index (κ1) is 20.1. The molecule has 0 spiro atoms. The van der Waals surface area contributed by atoms with Crippen molar-refractivity contribution in [2.75, 3.05) is 5.73 Å². The molecule has 2 N–H and O–H groups in total. The minimum Gasteiger partial charge on any atom is -0.460 e. The van der Waals surface area contributed by atoms with Gasteiger partial charge in [0.25, 0.3) is 0 Å². The Bertz CT molecular complexity index is 986. The van der Waals surface area contributed by atoms with Crippen molar-refractivity contribution < 1.29 is 9.53 Å². The van der Waals surface area contributed by atoms with Crippen LogP contribution in [0.1, 0.15) is 59.2 Å². The summed E-state index contributed by atoms with van der Waals surface area (Å²) in [6.45, 7) is 8.53. The molecule has 0 fully saturated rings. The molecule has 0 aliphatic rings. The number of para-hydroxylation sites is 1. The largest absolute Gasteiger partial charge is 0.460 e. The number of carbonyl (C=O) groups excluding carboxylic acids is 1. The Morgan fingerprint density at radius 1 is 1.18 bits per heavy atom. The average molecular weight is 383 g/mol. The van der Waals surface area contributed by atoms with Crippen molar-refractivity contribution in [3.63, 3.8) is 0 Å². The highest BCUT2D eigenvalue weighted by atomic mass is 16.6. The van der Waals surface area contributed by atoms with Gasteiger partial charge in [-0.3, -0.25) is 4.79 Å². The second-order valence-corrected chi connectivity index (χ2v) is 8.18. The molecule has 0 radical (unpaired) electrons. The van der Waals surface area contributed by atoms with Gasteiger partial charge in [-0.2, -0.15) is 0 Å². The summed E-state index contributed by atoms with van der Waals surface area (Å²) in [5.41, 5.74) is 8.39. The van der Waals surface area contributed by atoms with Crippen molar-refractivity contribution in [1.29, 1.82) is 0 Å². The number of aromatic nitrogens is 3. The minimum absolute atomic E-state index is 0.168.